The topological polar surface area (TPSA) is 69.8 Å². The van der Waals surface area contributed by atoms with Crippen LogP contribution >= 0.6 is 0 Å². The molecule has 0 saturated carbocycles. The van der Waals surface area contributed by atoms with Crippen LogP contribution in [-0.2, 0) is 6.54 Å². The van der Waals surface area contributed by atoms with Gasteiger partial charge in [-0.15, -0.1) is 0 Å². The summed E-state index contributed by atoms with van der Waals surface area (Å²) in [5.41, 5.74) is 1.96. The van der Waals surface area contributed by atoms with E-state index in [-0.39, 0.29) is 18.1 Å². The van der Waals surface area contributed by atoms with Crippen LogP contribution < -0.4 is 5.32 Å². The zero-order valence-corrected chi connectivity index (χ0v) is 13.0. The van der Waals surface area contributed by atoms with Crippen LogP contribution in [0.25, 0.3) is 5.52 Å². The van der Waals surface area contributed by atoms with Gasteiger partial charge in [0.05, 0.1) is 24.4 Å². The van der Waals surface area contributed by atoms with E-state index in [4.69, 9.17) is 0 Å². The monoisotopic (exact) mass is 291 g/mol. The van der Waals surface area contributed by atoms with Crippen molar-refractivity contribution < 1.29 is 10.2 Å². The number of aliphatic hydroxyl groups excluding tert-OH is 2. The van der Waals surface area contributed by atoms with Gasteiger partial charge in [0.15, 0.2) is 0 Å². The van der Waals surface area contributed by atoms with Crippen LogP contribution in [0.3, 0.4) is 0 Å². The second-order valence-corrected chi connectivity index (χ2v) is 6.58. The lowest BCUT2D eigenvalue weighted by molar-refractivity contribution is 0.0389. The van der Waals surface area contributed by atoms with E-state index in [1.165, 1.54) is 0 Å². The molecule has 21 heavy (non-hydrogen) atoms. The fraction of sp³-hybridized carbons (Fsp3) is 0.562. The highest BCUT2D eigenvalue weighted by Crippen LogP contribution is 2.22. The number of nitrogens with zero attached hydrogens (tertiary/aromatic N) is 2. The molecule has 0 fully saturated rings. The molecule has 0 unspecified atom stereocenters. The van der Waals surface area contributed by atoms with Crippen molar-refractivity contribution in [2.75, 3.05) is 6.61 Å². The number of aliphatic hydroxyl groups is 2. The molecule has 0 bridgehead atoms. The minimum atomic E-state index is -0.453. The van der Waals surface area contributed by atoms with E-state index >= 15 is 0 Å². The molecule has 2 atom stereocenters. The first-order valence-electron chi connectivity index (χ1n) is 7.35. The third-order valence-electron chi connectivity index (χ3n) is 3.82. The van der Waals surface area contributed by atoms with Gasteiger partial charge < -0.3 is 15.5 Å². The summed E-state index contributed by atoms with van der Waals surface area (Å²) in [6.45, 7) is 6.62. The van der Waals surface area contributed by atoms with Gasteiger partial charge in [-0.25, -0.2) is 4.52 Å². The molecule has 2 rings (SSSR count). The lowest BCUT2D eigenvalue weighted by Gasteiger charge is -2.29. The molecule has 5 heteroatoms. The van der Waals surface area contributed by atoms with Crippen LogP contribution in [0.2, 0.25) is 0 Å². The molecule has 2 aromatic rings. The number of nitrogens with one attached hydrogen (secondary N) is 1. The predicted octanol–water partition coefficient (Wildman–Crippen LogP) is 1.58. The first-order chi connectivity index (χ1) is 9.91. The summed E-state index contributed by atoms with van der Waals surface area (Å²) in [5, 5.41) is 27.2. The Hall–Kier alpha value is -1.43. The number of rotatable bonds is 6. The second kappa shape index (κ2) is 6.56. The van der Waals surface area contributed by atoms with Gasteiger partial charge in [0.1, 0.15) is 0 Å². The van der Waals surface area contributed by atoms with Crippen molar-refractivity contribution in [1.82, 2.24) is 14.9 Å². The van der Waals surface area contributed by atoms with Crippen molar-refractivity contribution in [3.63, 3.8) is 0 Å². The fourth-order valence-electron chi connectivity index (χ4n) is 2.22. The molecule has 0 aliphatic heterocycles. The van der Waals surface area contributed by atoms with E-state index in [2.05, 4.69) is 10.4 Å². The lowest BCUT2D eigenvalue weighted by Crippen LogP contribution is -2.39. The van der Waals surface area contributed by atoms with E-state index in [0.717, 1.165) is 11.1 Å². The van der Waals surface area contributed by atoms with Gasteiger partial charge in [-0.2, -0.15) is 5.10 Å². The van der Waals surface area contributed by atoms with Gasteiger partial charge in [-0.05, 0) is 24.0 Å². The van der Waals surface area contributed by atoms with Crippen molar-refractivity contribution in [2.45, 2.75) is 45.9 Å². The van der Waals surface area contributed by atoms with Crippen molar-refractivity contribution in [1.29, 1.82) is 0 Å². The van der Waals surface area contributed by atoms with Crippen LogP contribution in [0.1, 0.15) is 32.8 Å². The Bertz CT molecular complexity index is 574. The van der Waals surface area contributed by atoms with E-state index in [0.29, 0.717) is 13.0 Å². The normalized spacial score (nSPS) is 15.3. The standard InChI is InChI=1S/C16H25N3O2/c1-16(2,3)15(21)8-13(11-20)17-9-12-10-18-19-7-5-4-6-14(12)19/h4-7,10,13,15,17,20-21H,8-9,11H2,1-3H3/t13-,15-/m0/s1. The SMILES string of the molecule is CC(C)(C)[C@@H](O)C[C@@H](CO)NCc1cnn2ccccc12. The summed E-state index contributed by atoms with van der Waals surface area (Å²) >= 11 is 0. The van der Waals surface area contributed by atoms with Crippen molar-refractivity contribution >= 4 is 5.52 Å². The van der Waals surface area contributed by atoms with Crippen molar-refractivity contribution in [2.24, 2.45) is 5.41 Å². The van der Waals surface area contributed by atoms with Crippen LogP contribution in [0.15, 0.2) is 30.6 Å². The third kappa shape index (κ3) is 4.03. The second-order valence-electron chi connectivity index (χ2n) is 6.58. The maximum absolute atomic E-state index is 10.1. The Labute approximate surface area is 125 Å². The van der Waals surface area contributed by atoms with Crippen LogP contribution in [-0.4, -0.2) is 38.6 Å². The lowest BCUT2D eigenvalue weighted by atomic mass is 9.85. The highest BCUT2D eigenvalue weighted by molar-refractivity contribution is 5.53. The van der Waals surface area contributed by atoms with E-state index < -0.39 is 6.10 Å². The first-order valence-corrected chi connectivity index (χ1v) is 7.35. The minimum Gasteiger partial charge on any atom is -0.395 e. The molecule has 5 nitrogen and oxygen atoms in total. The van der Waals surface area contributed by atoms with Gasteiger partial charge in [0.2, 0.25) is 0 Å². The van der Waals surface area contributed by atoms with Gasteiger partial charge in [0, 0.05) is 24.3 Å². The van der Waals surface area contributed by atoms with Gasteiger partial charge in [0.25, 0.3) is 0 Å². The number of pyridine rings is 1. The summed E-state index contributed by atoms with van der Waals surface area (Å²) in [4.78, 5) is 0. The molecule has 2 heterocycles. The first kappa shape index (κ1) is 15.9. The average Bonchev–Trinajstić information content (AvgIpc) is 2.85. The summed E-state index contributed by atoms with van der Waals surface area (Å²) in [6, 6.07) is 5.81. The number of hydrogen-bond donors (Lipinski definition) is 3. The summed E-state index contributed by atoms with van der Waals surface area (Å²) in [7, 11) is 0. The fourth-order valence-corrected chi connectivity index (χ4v) is 2.22. The molecule has 2 aromatic heterocycles. The van der Waals surface area contributed by atoms with Crippen molar-refractivity contribution in [3.8, 4) is 0 Å². The largest absolute Gasteiger partial charge is 0.395 e. The molecule has 0 amide bonds. The summed E-state index contributed by atoms with van der Waals surface area (Å²) < 4.78 is 1.83. The molecular formula is C16H25N3O2. The maximum atomic E-state index is 10.1. The van der Waals surface area contributed by atoms with Crippen molar-refractivity contribution in [3.05, 3.63) is 36.2 Å². The van der Waals surface area contributed by atoms with E-state index in [9.17, 15) is 10.2 Å². The highest BCUT2D eigenvalue weighted by atomic mass is 16.3. The van der Waals surface area contributed by atoms with Crippen LogP contribution in [0.5, 0.6) is 0 Å². The summed E-state index contributed by atoms with van der Waals surface area (Å²) in [5.74, 6) is 0. The quantitative estimate of drug-likeness (QED) is 0.756. The predicted molar refractivity (Wildman–Crippen MR) is 83.0 cm³/mol. The maximum Gasteiger partial charge on any atom is 0.0706 e. The Morgan fingerprint density at radius 3 is 2.76 bits per heavy atom. The molecule has 116 valence electrons. The van der Waals surface area contributed by atoms with Crippen LogP contribution in [0, 0.1) is 5.41 Å². The minimum absolute atomic E-state index is 0.00630. The zero-order valence-electron chi connectivity index (χ0n) is 13.0. The molecule has 0 aliphatic rings. The zero-order chi connectivity index (χ0) is 15.5. The molecule has 0 saturated heterocycles. The van der Waals surface area contributed by atoms with E-state index in [1.54, 1.807) is 0 Å². The highest BCUT2D eigenvalue weighted by Gasteiger charge is 2.25. The summed E-state index contributed by atoms with van der Waals surface area (Å²) in [6.07, 6.45) is 3.81. The number of hydrogen-bond acceptors (Lipinski definition) is 4. The van der Waals surface area contributed by atoms with E-state index in [1.807, 2.05) is 55.9 Å². The van der Waals surface area contributed by atoms with Crippen LogP contribution in [0.4, 0.5) is 0 Å². The Morgan fingerprint density at radius 2 is 2.10 bits per heavy atom. The number of aromatic nitrogens is 2. The molecule has 0 aromatic carbocycles. The van der Waals surface area contributed by atoms with Gasteiger partial charge >= 0.3 is 0 Å². The Balaban J connectivity index is 1.97. The van der Waals surface area contributed by atoms with Gasteiger partial charge in [-0.1, -0.05) is 26.8 Å². The molecule has 0 aliphatic carbocycles. The molecule has 0 spiro atoms. The molecule has 3 N–H and O–H groups in total. The van der Waals surface area contributed by atoms with Gasteiger partial charge in [-0.3, -0.25) is 0 Å². The molecular weight excluding hydrogens is 266 g/mol. The average molecular weight is 291 g/mol. The Morgan fingerprint density at radius 1 is 1.33 bits per heavy atom. The smallest absolute Gasteiger partial charge is 0.0706 e. The molecule has 0 radical (unpaired) electrons. The third-order valence-corrected chi connectivity index (χ3v) is 3.82. The number of fused-ring (bicyclic) bond motifs is 1. The Kier molecular flexibility index (Phi) is 4.98.